The number of fused-ring (bicyclic) bond motifs is 1. The molecule has 0 aliphatic carbocycles. The third kappa shape index (κ3) is 2.28. The monoisotopic (exact) mass is 287 g/mol. The minimum absolute atomic E-state index is 0.486. The van der Waals surface area contributed by atoms with Gasteiger partial charge in [0.05, 0.1) is 5.69 Å². The molecule has 3 aromatic rings. The molecular weight excluding hydrogens is 270 g/mol. The van der Waals surface area contributed by atoms with Crippen LogP contribution in [0.3, 0.4) is 0 Å². The van der Waals surface area contributed by atoms with Gasteiger partial charge in [-0.1, -0.05) is 0 Å². The highest BCUT2D eigenvalue weighted by Crippen LogP contribution is 2.25. The first-order valence-electron chi connectivity index (χ1n) is 6.61. The number of nitrogens with two attached hydrogens (primary N) is 1. The van der Waals surface area contributed by atoms with Crippen molar-refractivity contribution in [2.75, 3.05) is 11.4 Å². The number of anilines is 1. The molecular formula is C14H17N5S. The molecule has 3 aromatic heterocycles. The summed E-state index contributed by atoms with van der Waals surface area (Å²) in [5, 5.41) is 2.03. The molecule has 104 valence electrons. The van der Waals surface area contributed by atoms with E-state index in [0.29, 0.717) is 6.54 Å². The molecule has 0 saturated carbocycles. The summed E-state index contributed by atoms with van der Waals surface area (Å²) in [6.07, 6.45) is 5.66. The molecule has 5 nitrogen and oxygen atoms in total. The van der Waals surface area contributed by atoms with E-state index in [1.165, 1.54) is 5.56 Å². The summed E-state index contributed by atoms with van der Waals surface area (Å²) < 4.78 is 2.08. The topological polar surface area (TPSA) is 59.5 Å². The lowest BCUT2D eigenvalue weighted by Gasteiger charge is -2.21. The van der Waals surface area contributed by atoms with Crippen LogP contribution in [-0.4, -0.2) is 20.9 Å². The van der Waals surface area contributed by atoms with E-state index >= 15 is 0 Å². The standard InChI is InChI=1S/C14H17N5S/c1-2-18(10-11-3-5-16-6-4-11)13-12(9-15)19-7-8-20-14(19)17-13/h3-8H,2,9-10,15H2,1H3. The first kappa shape index (κ1) is 13.1. The molecule has 0 spiro atoms. The Kier molecular flexibility index (Phi) is 3.66. The van der Waals surface area contributed by atoms with Gasteiger partial charge in [0.25, 0.3) is 0 Å². The molecule has 3 heterocycles. The smallest absolute Gasteiger partial charge is 0.195 e. The first-order valence-corrected chi connectivity index (χ1v) is 7.49. The van der Waals surface area contributed by atoms with Crippen LogP contribution in [-0.2, 0) is 13.1 Å². The van der Waals surface area contributed by atoms with Crippen LogP contribution in [0.1, 0.15) is 18.2 Å². The van der Waals surface area contributed by atoms with Gasteiger partial charge in [-0.25, -0.2) is 4.98 Å². The highest BCUT2D eigenvalue weighted by atomic mass is 32.1. The van der Waals surface area contributed by atoms with Crippen LogP contribution < -0.4 is 10.6 Å². The van der Waals surface area contributed by atoms with Crippen LogP contribution in [0.2, 0.25) is 0 Å². The first-order chi connectivity index (χ1) is 9.83. The lowest BCUT2D eigenvalue weighted by molar-refractivity contribution is 0.802. The molecule has 0 bridgehead atoms. The van der Waals surface area contributed by atoms with E-state index in [1.54, 1.807) is 11.3 Å². The summed E-state index contributed by atoms with van der Waals surface area (Å²) in [7, 11) is 0. The van der Waals surface area contributed by atoms with Gasteiger partial charge in [-0.05, 0) is 24.6 Å². The highest BCUT2D eigenvalue weighted by Gasteiger charge is 2.17. The largest absolute Gasteiger partial charge is 0.351 e. The van der Waals surface area contributed by atoms with E-state index in [0.717, 1.165) is 29.6 Å². The van der Waals surface area contributed by atoms with Gasteiger partial charge < -0.3 is 10.6 Å². The van der Waals surface area contributed by atoms with Crippen molar-refractivity contribution in [1.29, 1.82) is 0 Å². The Morgan fingerprint density at radius 1 is 1.35 bits per heavy atom. The maximum Gasteiger partial charge on any atom is 0.195 e. The number of aromatic nitrogens is 3. The highest BCUT2D eigenvalue weighted by molar-refractivity contribution is 7.15. The van der Waals surface area contributed by atoms with E-state index in [9.17, 15) is 0 Å². The molecule has 2 N–H and O–H groups in total. The van der Waals surface area contributed by atoms with E-state index in [4.69, 9.17) is 10.7 Å². The molecule has 0 saturated heterocycles. The molecule has 3 rings (SSSR count). The van der Waals surface area contributed by atoms with Gasteiger partial charge in [0.2, 0.25) is 0 Å². The quantitative estimate of drug-likeness (QED) is 0.782. The van der Waals surface area contributed by atoms with E-state index < -0.39 is 0 Å². The molecule has 20 heavy (non-hydrogen) atoms. The zero-order valence-corrected chi connectivity index (χ0v) is 12.2. The maximum absolute atomic E-state index is 5.91. The SMILES string of the molecule is CCN(Cc1ccncc1)c1nc2sccn2c1CN. The predicted octanol–water partition coefficient (Wildman–Crippen LogP) is 2.28. The second-order valence-electron chi connectivity index (χ2n) is 4.51. The lowest BCUT2D eigenvalue weighted by atomic mass is 10.2. The number of nitrogens with zero attached hydrogens (tertiary/aromatic N) is 4. The molecule has 0 amide bonds. The number of pyridine rings is 1. The Hall–Kier alpha value is -1.92. The summed E-state index contributed by atoms with van der Waals surface area (Å²) in [6.45, 7) is 4.33. The number of hydrogen-bond donors (Lipinski definition) is 1. The van der Waals surface area contributed by atoms with Gasteiger partial charge in [0, 0.05) is 43.6 Å². The summed E-state index contributed by atoms with van der Waals surface area (Å²) in [5.74, 6) is 0.985. The molecule has 6 heteroatoms. The molecule has 0 aromatic carbocycles. The maximum atomic E-state index is 5.91. The average molecular weight is 287 g/mol. The third-order valence-corrected chi connectivity index (χ3v) is 4.09. The van der Waals surface area contributed by atoms with E-state index in [-0.39, 0.29) is 0 Å². The Balaban J connectivity index is 1.96. The zero-order chi connectivity index (χ0) is 13.9. The molecule has 0 fully saturated rings. The average Bonchev–Trinajstić information content (AvgIpc) is 3.06. The molecule has 0 aliphatic heterocycles. The van der Waals surface area contributed by atoms with Crippen molar-refractivity contribution >= 4 is 22.1 Å². The fourth-order valence-corrected chi connectivity index (χ4v) is 3.04. The van der Waals surface area contributed by atoms with Gasteiger partial charge in [-0.2, -0.15) is 0 Å². The minimum atomic E-state index is 0.486. The van der Waals surface area contributed by atoms with Gasteiger partial charge >= 0.3 is 0 Å². The van der Waals surface area contributed by atoms with Crippen LogP contribution in [0.5, 0.6) is 0 Å². The molecule has 0 aliphatic rings. The number of imidazole rings is 1. The lowest BCUT2D eigenvalue weighted by Crippen LogP contribution is -2.24. The summed E-state index contributed by atoms with van der Waals surface area (Å²) in [4.78, 5) is 12.0. The van der Waals surface area contributed by atoms with Crippen molar-refractivity contribution in [2.45, 2.75) is 20.0 Å². The summed E-state index contributed by atoms with van der Waals surface area (Å²) in [5.41, 5.74) is 8.20. The van der Waals surface area contributed by atoms with Gasteiger partial charge in [-0.15, -0.1) is 11.3 Å². The third-order valence-electron chi connectivity index (χ3n) is 3.34. The summed E-state index contributed by atoms with van der Waals surface area (Å²) >= 11 is 1.63. The van der Waals surface area contributed by atoms with Crippen molar-refractivity contribution in [3.63, 3.8) is 0 Å². The Morgan fingerprint density at radius 3 is 2.85 bits per heavy atom. The van der Waals surface area contributed by atoms with Crippen LogP contribution in [0, 0.1) is 0 Å². The van der Waals surface area contributed by atoms with E-state index in [1.807, 2.05) is 36.1 Å². The van der Waals surface area contributed by atoms with Crippen LogP contribution in [0.25, 0.3) is 4.96 Å². The molecule has 0 unspecified atom stereocenters. The van der Waals surface area contributed by atoms with Crippen molar-refractivity contribution in [3.05, 3.63) is 47.4 Å². The normalized spacial score (nSPS) is 11.1. The van der Waals surface area contributed by atoms with Crippen LogP contribution in [0.4, 0.5) is 5.82 Å². The van der Waals surface area contributed by atoms with Gasteiger partial charge in [0.1, 0.15) is 0 Å². The Morgan fingerprint density at radius 2 is 2.15 bits per heavy atom. The molecule has 0 radical (unpaired) electrons. The number of rotatable bonds is 5. The predicted molar refractivity (Wildman–Crippen MR) is 81.9 cm³/mol. The second-order valence-corrected chi connectivity index (χ2v) is 5.38. The van der Waals surface area contributed by atoms with E-state index in [2.05, 4.69) is 21.2 Å². The fourth-order valence-electron chi connectivity index (χ4n) is 2.31. The van der Waals surface area contributed by atoms with Crippen LogP contribution >= 0.6 is 11.3 Å². The van der Waals surface area contributed by atoms with Gasteiger partial charge in [0.15, 0.2) is 10.8 Å². The van der Waals surface area contributed by atoms with Crippen molar-refractivity contribution < 1.29 is 0 Å². The Labute approximate surface area is 121 Å². The van der Waals surface area contributed by atoms with Crippen molar-refractivity contribution in [3.8, 4) is 0 Å². The van der Waals surface area contributed by atoms with Crippen molar-refractivity contribution in [2.24, 2.45) is 5.73 Å². The fraction of sp³-hybridized carbons (Fsp3) is 0.286. The van der Waals surface area contributed by atoms with Gasteiger partial charge in [-0.3, -0.25) is 9.38 Å². The second kappa shape index (κ2) is 5.60. The van der Waals surface area contributed by atoms with Crippen LogP contribution in [0.15, 0.2) is 36.1 Å². The van der Waals surface area contributed by atoms with Crippen molar-refractivity contribution in [1.82, 2.24) is 14.4 Å². The molecule has 0 atom stereocenters. The number of thiazole rings is 1. The zero-order valence-electron chi connectivity index (χ0n) is 11.4. The minimum Gasteiger partial charge on any atom is -0.351 e. The number of hydrogen-bond acceptors (Lipinski definition) is 5. The Bertz CT molecular complexity index is 688. The summed E-state index contributed by atoms with van der Waals surface area (Å²) in [6, 6.07) is 4.06.